The molecule has 2 aromatic carbocycles. The van der Waals surface area contributed by atoms with Gasteiger partial charge in [-0.3, -0.25) is 0 Å². The molecule has 1 aliphatic rings. The molecule has 2 amide bonds. The molecule has 26 heavy (non-hydrogen) atoms. The van der Waals surface area contributed by atoms with Crippen LogP contribution in [0.3, 0.4) is 0 Å². The fourth-order valence-corrected chi connectivity index (χ4v) is 3.39. The maximum absolute atomic E-state index is 12.6. The minimum atomic E-state index is -0.0830. The number of rotatable bonds is 4. The van der Waals surface area contributed by atoms with E-state index in [9.17, 15) is 4.79 Å². The summed E-state index contributed by atoms with van der Waals surface area (Å²) >= 11 is 0. The summed E-state index contributed by atoms with van der Waals surface area (Å²) in [6, 6.07) is 18.9. The smallest absolute Gasteiger partial charge is 0.317 e. The highest BCUT2D eigenvalue weighted by molar-refractivity contribution is 5.74. The highest BCUT2D eigenvalue weighted by Gasteiger charge is 2.25. The predicted molar refractivity (Wildman–Crippen MR) is 108 cm³/mol. The number of benzene rings is 2. The molecule has 3 rings (SSSR count). The summed E-state index contributed by atoms with van der Waals surface area (Å²) in [5.74, 6) is 0. The van der Waals surface area contributed by atoms with E-state index < -0.39 is 0 Å². The van der Waals surface area contributed by atoms with E-state index in [1.807, 2.05) is 23.1 Å². The summed E-state index contributed by atoms with van der Waals surface area (Å²) in [4.78, 5) is 16.8. The monoisotopic (exact) mass is 351 g/mol. The Balaban J connectivity index is 1.51. The maximum Gasteiger partial charge on any atom is 0.317 e. The predicted octanol–water partition coefficient (Wildman–Crippen LogP) is 3.80. The van der Waals surface area contributed by atoms with Gasteiger partial charge < -0.3 is 15.1 Å². The van der Waals surface area contributed by atoms with Crippen LogP contribution in [0.4, 0.5) is 10.5 Å². The third-order valence-corrected chi connectivity index (χ3v) is 5.17. The summed E-state index contributed by atoms with van der Waals surface area (Å²) < 4.78 is 0. The van der Waals surface area contributed by atoms with Crippen LogP contribution in [0.2, 0.25) is 0 Å². The molecule has 1 N–H and O–H groups in total. The van der Waals surface area contributed by atoms with Gasteiger partial charge in [0.15, 0.2) is 0 Å². The molecule has 1 fully saturated rings. The summed E-state index contributed by atoms with van der Waals surface area (Å²) in [5.41, 5.74) is 3.67. The molecular weight excluding hydrogens is 322 g/mol. The van der Waals surface area contributed by atoms with Crippen LogP contribution >= 0.6 is 0 Å². The zero-order chi connectivity index (χ0) is 18.6. The van der Waals surface area contributed by atoms with Crippen molar-refractivity contribution in [2.45, 2.75) is 26.2 Å². The van der Waals surface area contributed by atoms with Crippen LogP contribution in [-0.2, 0) is 5.41 Å². The Hall–Kier alpha value is -2.49. The van der Waals surface area contributed by atoms with E-state index in [0.717, 1.165) is 26.2 Å². The van der Waals surface area contributed by atoms with Gasteiger partial charge in [-0.2, -0.15) is 0 Å². The summed E-state index contributed by atoms with van der Waals surface area (Å²) in [5, 5.41) is 3.12. The van der Waals surface area contributed by atoms with Crippen LogP contribution in [0.5, 0.6) is 0 Å². The van der Waals surface area contributed by atoms with Crippen molar-refractivity contribution in [2.75, 3.05) is 37.6 Å². The van der Waals surface area contributed by atoms with E-state index in [1.54, 1.807) is 0 Å². The normalized spacial score (nSPS) is 15.0. The molecule has 1 aliphatic heterocycles. The molecule has 138 valence electrons. The van der Waals surface area contributed by atoms with E-state index in [1.165, 1.54) is 16.8 Å². The number of amides is 2. The van der Waals surface area contributed by atoms with Crippen molar-refractivity contribution in [1.82, 2.24) is 10.2 Å². The van der Waals surface area contributed by atoms with E-state index in [-0.39, 0.29) is 11.4 Å². The Bertz CT molecular complexity index is 734. The minimum Gasteiger partial charge on any atom is -0.368 e. The first-order chi connectivity index (χ1) is 12.5. The van der Waals surface area contributed by atoms with Gasteiger partial charge in [-0.1, -0.05) is 56.3 Å². The topological polar surface area (TPSA) is 35.6 Å². The van der Waals surface area contributed by atoms with Crippen molar-refractivity contribution in [3.05, 3.63) is 65.7 Å². The van der Waals surface area contributed by atoms with Gasteiger partial charge in [0, 0.05) is 43.8 Å². The second-order valence-electron chi connectivity index (χ2n) is 7.72. The number of piperazine rings is 1. The molecule has 0 spiro atoms. The molecular formula is C22H29N3O. The Kier molecular flexibility index (Phi) is 5.50. The molecule has 0 atom stereocenters. The number of carbonyl (C=O) groups excluding carboxylic acids is 1. The molecule has 0 radical (unpaired) electrons. The van der Waals surface area contributed by atoms with Crippen molar-refractivity contribution in [3.8, 4) is 0 Å². The van der Waals surface area contributed by atoms with Gasteiger partial charge in [-0.15, -0.1) is 0 Å². The van der Waals surface area contributed by atoms with Gasteiger partial charge in [-0.25, -0.2) is 4.79 Å². The summed E-state index contributed by atoms with van der Waals surface area (Å²) in [6.07, 6.45) is 0. The van der Waals surface area contributed by atoms with Gasteiger partial charge in [0.25, 0.3) is 0 Å². The molecule has 4 heteroatoms. The van der Waals surface area contributed by atoms with Gasteiger partial charge in [-0.05, 0) is 30.2 Å². The maximum atomic E-state index is 12.6. The lowest BCUT2D eigenvalue weighted by atomic mass is 9.85. The standard InChI is InChI=1S/C22H29N3O/c1-18-8-7-11-20(16-18)24-12-14-25(15-13-24)21(26)23-17-22(2,3)19-9-5-4-6-10-19/h4-11,16H,12-15,17H2,1-3H3,(H,23,26). The number of urea groups is 1. The lowest BCUT2D eigenvalue weighted by Gasteiger charge is -2.37. The quantitative estimate of drug-likeness (QED) is 0.909. The lowest BCUT2D eigenvalue weighted by Crippen LogP contribution is -2.53. The van der Waals surface area contributed by atoms with E-state index in [4.69, 9.17) is 0 Å². The third kappa shape index (κ3) is 4.37. The molecule has 0 aromatic heterocycles. The number of anilines is 1. The first-order valence-corrected chi connectivity index (χ1v) is 9.36. The van der Waals surface area contributed by atoms with Crippen LogP contribution in [0.25, 0.3) is 0 Å². The largest absolute Gasteiger partial charge is 0.368 e. The fraction of sp³-hybridized carbons (Fsp3) is 0.409. The number of hydrogen-bond donors (Lipinski definition) is 1. The zero-order valence-electron chi connectivity index (χ0n) is 16.0. The first kappa shape index (κ1) is 18.3. The Morgan fingerprint density at radius 3 is 2.35 bits per heavy atom. The van der Waals surface area contributed by atoms with Gasteiger partial charge in [0.1, 0.15) is 0 Å². The molecule has 0 bridgehead atoms. The van der Waals surface area contributed by atoms with Crippen molar-refractivity contribution in [3.63, 3.8) is 0 Å². The van der Waals surface area contributed by atoms with Crippen LogP contribution in [0.15, 0.2) is 54.6 Å². The SMILES string of the molecule is Cc1cccc(N2CCN(C(=O)NCC(C)(C)c3ccccc3)CC2)c1. The molecule has 2 aromatic rings. The second kappa shape index (κ2) is 7.81. The van der Waals surface area contributed by atoms with Crippen LogP contribution < -0.4 is 10.2 Å². The van der Waals surface area contributed by atoms with Crippen LogP contribution in [0, 0.1) is 6.92 Å². The molecule has 0 aliphatic carbocycles. The number of carbonyl (C=O) groups is 1. The van der Waals surface area contributed by atoms with Gasteiger partial charge in [0.2, 0.25) is 0 Å². The van der Waals surface area contributed by atoms with Crippen molar-refractivity contribution in [1.29, 1.82) is 0 Å². The number of aryl methyl sites for hydroxylation is 1. The minimum absolute atomic E-state index is 0.0397. The number of nitrogens with zero attached hydrogens (tertiary/aromatic N) is 2. The Morgan fingerprint density at radius 1 is 1.00 bits per heavy atom. The zero-order valence-corrected chi connectivity index (χ0v) is 16.0. The molecule has 1 saturated heterocycles. The average molecular weight is 351 g/mol. The van der Waals surface area contributed by atoms with Gasteiger partial charge in [0.05, 0.1) is 0 Å². The fourth-order valence-electron chi connectivity index (χ4n) is 3.39. The van der Waals surface area contributed by atoms with E-state index in [2.05, 4.69) is 67.4 Å². The summed E-state index contributed by atoms with van der Waals surface area (Å²) in [6.45, 7) is 10.3. The molecule has 4 nitrogen and oxygen atoms in total. The van der Waals surface area contributed by atoms with E-state index >= 15 is 0 Å². The molecule has 0 saturated carbocycles. The third-order valence-electron chi connectivity index (χ3n) is 5.17. The lowest BCUT2D eigenvalue weighted by molar-refractivity contribution is 0.192. The van der Waals surface area contributed by atoms with Gasteiger partial charge >= 0.3 is 6.03 Å². The van der Waals surface area contributed by atoms with Crippen LogP contribution in [0.1, 0.15) is 25.0 Å². The van der Waals surface area contributed by atoms with Crippen molar-refractivity contribution < 1.29 is 4.79 Å². The Morgan fingerprint density at radius 2 is 1.69 bits per heavy atom. The van der Waals surface area contributed by atoms with Crippen molar-refractivity contribution in [2.24, 2.45) is 0 Å². The summed E-state index contributed by atoms with van der Waals surface area (Å²) in [7, 11) is 0. The molecule has 0 unspecified atom stereocenters. The number of hydrogen-bond acceptors (Lipinski definition) is 2. The Labute approximate surface area is 156 Å². The highest BCUT2D eigenvalue weighted by Crippen LogP contribution is 2.22. The molecule has 1 heterocycles. The average Bonchev–Trinajstić information content (AvgIpc) is 2.67. The van der Waals surface area contributed by atoms with Crippen molar-refractivity contribution >= 4 is 11.7 Å². The highest BCUT2D eigenvalue weighted by atomic mass is 16.2. The van der Waals surface area contributed by atoms with E-state index in [0.29, 0.717) is 6.54 Å². The first-order valence-electron chi connectivity index (χ1n) is 9.36. The van der Waals surface area contributed by atoms with Crippen LogP contribution in [-0.4, -0.2) is 43.7 Å². The number of nitrogens with one attached hydrogen (secondary N) is 1. The second-order valence-corrected chi connectivity index (χ2v) is 7.72.